The Kier molecular flexibility index (Phi) is 5.07. The zero-order chi connectivity index (χ0) is 15.6. The summed E-state index contributed by atoms with van der Waals surface area (Å²) < 4.78 is 6.06. The molecule has 116 valence electrons. The average molecular weight is 289 g/mol. The molecule has 21 heavy (non-hydrogen) atoms. The topological polar surface area (TPSA) is 32.7 Å². The van der Waals surface area contributed by atoms with Gasteiger partial charge in [-0.25, -0.2) is 0 Å². The summed E-state index contributed by atoms with van der Waals surface area (Å²) in [5.74, 6) is 0.409. The average Bonchev–Trinajstić information content (AvgIpc) is 2.87. The highest BCUT2D eigenvalue weighted by Crippen LogP contribution is 2.37. The maximum atomic E-state index is 9.48. The van der Waals surface area contributed by atoms with Gasteiger partial charge in [-0.05, 0) is 43.5 Å². The fourth-order valence-electron chi connectivity index (χ4n) is 3.31. The highest BCUT2D eigenvalue weighted by Gasteiger charge is 2.37. The van der Waals surface area contributed by atoms with Crippen LogP contribution in [-0.4, -0.2) is 28.9 Å². The smallest absolute Gasteiger partial charge is 0.134 e. The van der Waals surface area contributed by atoms with Crippen LogP contribution in [0.15, 0.2) is 47.9 Å². The van der Waals surface area contributed by atoms with Crippen molar-refractivity contribution in [2.24, 2.45) is 5.92 Å². The largest absolute Gasteiger partial charge is 0.394 e. The lowest BCUT2D eigenvalue weighted by atomic mass is 9.93. The Morgan fingerprint density at radius 3 is 2.71 bits per heavy atom. The minimum absolute atomic E-state index is 0.0340. The van der Waals surface area contributed by atoms with Gasteiger partial charge >= 0.3 is 0 Å². The van der Waals surface area contributed by atoms with Crippen LogP contribution in [0.5, 0.6) is 0 Å². The first-order valence-electron chi connectivity index (χ1n) is 7.75. The van der Waals surface area contributed by atoms with E-state index >= 15 is 0 Å². The van der Waals surface area contributed by atoms with Crippen LogP contribution in [0.1, 0.15) is 40.0 Å². The van der Waals surface area contributed by atoms with Gasteiger partial charge in [-0.2, -0.15) is 0 Å². The second-order valence-corrected chi connectivity index (χ2v) is 6.07. The van der Waals surface area contributed by atoms with E-state index in [2.05, 4.69) is 44.9 Å². The van der Waals surface area contributed by atoms with Crippen molar-refractivity contribution in [2.75, 3.05) is 6.61 Å². The molecule has 3 unspecified atom stereocenters. The molecule has 0 aromatic carbocycles. The fourth-order valence-corrected chi connectivity index (χ4v) is 3.31. The van der Waals surface area contributed by atoms with Crippen LogP contribution >= 0.6 is 0 Å². The fraction of sp³-hybridized carbons (Fsp3) is 0.556. The lowest BCUT2D eigenvalue weighted by Crippen LogP contribution is -2.32. The van der Waals surface area contributed by atoms with E-state index in [1.165, 1.54) is 16.8 Å². The molecule has 2 aliphatic rings. The molecule has 0 amide bonds. The van der Waals surface area contributed by atoms with Gasteiger partial charge in [0.25, 0.3) is 0 Å². The molecular weight excluding hydrogens is 262 g/mol. The van der Waals surface area contributed by atoms with Crippen molar-refractivity contribution in [3.05, 3.63) is 47.9 Å². The van der Waals surface area contributed by atoms with Gasteiger partial charge in [0.05, 0.1) is 12.7 Å². The summed E-state index contributed by atoms with van der Waals surface area (Å²) in [4.78, 5) is 2.13. The molecule has 0 bridgehead atoms. The molecule has 3 atom stereocenters. The van der Waals surface area contributed by atoms with E-state index in [4.69, 9.17) is 4.74 Å². The van der Waals surface area contributed by atoms with E-state index < -0.39 is 0 Å². The molecule has 1 fully saturated rings. The van der Waals surface area contributed by atoms with Gasteiger partial charge in [0.2, 0.25) is 0 Å². The predicted octanol–water partition coefficient (Wildman–Crippen LogP) is 3.75. The van der Waals surface area contributed by atoms with Gasteiger partial charge in [0, 0.05) is 12.1 Å². The Morgan fingerprint density at radius 1 is 1.48 bits per heavy atom. The van der Waals surface area contributed by atoms with Crippen molar-refractivity contribution in [3.63, 3.8) is 0 Å². The summed E-state index contributed by atoms with van der Waals surface area (Å²) in [5, 5.41) is 9.48. The molecule has 0 spiro atoms. The molecule has 3 nitrogen and oxygen atoms in total. The Hall–Kier alpha value is -1.32. The SMILES string of the molecule is C=CN(C1=C(C)C(=C)C=C(C)C1)C1CC(CC)C(CO)O1. The third-order valence-electron chi connectivity index (χ3n) is 4.67. The van der Waals surface area contributed by atoms with Gasteiger partial charge in [-0.15, -0.1) is 0 Å². The summed E-state index contributed by atoms with van der Waals surface area (Å²) in [6.07, 6.45) is 6.75. The number of nitrogens with zero attached hydrogens (tertiary/aromatic N) is 1. The molecule has 0 saturated carbocycles. The van der Waals surface area contributed by atoms with E-state index in [0.717, 1.165) is 24.8 Å². The summed E-state index contributed by atoms with van der Waals surface area (Å²) >= 11 is 0. The van der Waals surface area contributed by atoms with Crippen molar-refractivity contribution < 1.29 is 9.84 Å². The summed E-state index contributed by atoms with van der Waals surface area (Å²) in [6.45, 7) is 14.6. The molecule has 1 aliphatic carbocycles. The predicted molar refractivity (Wildman–Crippen MR) is 86.4 cm³/mol. The number of ether oxygens (including phenoxy) is 1. The minimum atomic E-state index is -0.0632. The lowest BCUT2D eigenvalue weighted by molar-refractivity contribution is -0.0465. The zero-order valence-corrected chi connectivity index (χ0v) is 13.4. The second kappa shape index (κ2) is 6.63. The highest BCUT2D eigenvalue weighted by molar-refractivity contribution is 5.46. The molecular formula is C18H27NO2. The van der Waals surface area contributed by atoms with Crippen LogP contribution < -0.4 is 0 Å². The van der Waals surface area contributed by atoms with Gasteiger partial charge < -0.3 is 14.7 Å². The summed E-state index contributed by atoms with van der Waals surface area (Å²) in [6, 6.07) is 0. The van der Waals surface area contributed by atoms with Crippen LogP contribution in [0.2, 0.25) is 0 Å². The first kappa shape index (κ1) is 16.1. The number of hydrogen-bond donors (Lipinski definition) is 1. The maximum Gasteiger partial charge on any atom is 0.134 e. The zero-order valence-electron chi connectivity index (χ0n) is 13.4. The third kappa shape index (κ3) is 3.14. The molecule has 1 heterocycles. The monoisotopic (exact) mass is 289 g/mol. The first-order chi connectivity index (χ1) is 10.0. The first-order valence-corrected chi connectivity index (χ1v) is 7.75. The van der Waals surface area contributed by atoms with Crippen molar-refractivity contribution in [3.8, 4) is 0 Å². The minimum Gasteiger partial charge on any atom is -0.394 e. The number of rotatable bonds is 5. The van der Waals surface area contributed by atoms with E-state index in [1.54, 1.807) is 0 Å². The molecule has 3 heteroatoms. The molecule has 1 aliphatic heterocycles. The summed E-state index contributed by atoms with van der Waals surface area (Å²) in [7, 11) is 0. The van der Waals surface area contributed by atoms with Crippen molar-refractivity contribution in [1.82, 2.24) is 4.90 Å². The Morgan fingerprint density at radius 2 is 2.19 bits per heavy atom. The summed E-state index contributed by atoms with van der Waals surface area (Å²) in [5.41, 5.74) is 4.78. The number of hydrogen-bond acceptors (Lipinski definition) is 3. The quantitative estimate of drug-likeness (QED) is 0.836. The molecule has 0 aromatic heterocycles. The van der Waals surface area contributed by atoms with Crippen LogP contribution in [0.3, 0.4) is 0 Å². The molecule has 1 N–H and O–H groups in total. The van der Waals surface area contributed by atoms with E-state index in [-0.39, 0.29) is 18.9 Å². The molecule has 2 rings (SSSR count). The Bertz CT molecular complexity index is 477. The molecule has 0 radical (unpaired) electrons. The number of allylic oxidation sites excluding steroid dienone is 4. The Labute approximate surface area is 128 Å². The van der Waals surface area contributed by atoms with Crippen molar-refractivity contribution >= 4 is 0 Å². The Balaban J connectivity index is 2.23. The van der Waals surface area contributed by atoms with Crippen LogP contribution in [0.25, 0.3) is 0 Å². The standard InChI is InChI=1S/C18H27NO2/c1-6-15-10-18(21-17(15)11-20)19(7-2)16-9-12(3)8-13(4)14(16)5/h7-8,15,17-18,20H,2,4,6,9-11H2,1,3,5H3. The van der Waals surface area contributed by atoms with Crippen LogP contribution in [-0.2, 0) is 4.74 Å². The number of aliphatic hydroxyl groups is 1. The molecule has 0 aromatic rings. The normalized spacial score (nSPS) is 29.6. The molecule has 1 saturated heterocycles. The number of aliphatic hydroxyl groups excluding tert-OH is 1. The van der Waals surface area contributed by atoms with Crippen LogP contribution in [0.4, 0.5) is 0 Å². The second-order valence-electron chi connectivity index (χ2n) is 6.07. The van der Waals surface area contributed by atoms with Gasteiger partial charge in [0.1, 0.15) is 6.23 Å². The van der Waals surface area contributed by atoms with E-state index in [9.17, 15) is 5.11 Å². The van der Waals surface area contributed by atoms with Crippen molar-refractivity contribution in [1.29, 1.82) is 0 Å². The highest BCUT2D eigenvalue weighted by atomic mass is 16.5. The maximum absolute atomic E-state index is 9.48. The van der Waals surface area contributed by atoms with Gasteiger partial charge in [0.15, 0.2) is 0 Å². The van der Waals surface area contributed by atoms with Gasteiger partial charge in [-0.1, -0.05) is 38.2 Å². The van der Waals surface area contributed by atoms with E-state index in [0.29, 0.717) is 5.92 Å². The lowest BCUT2D eigenvalue weighted by Gasteiger charge is -2.33. The van der Waals surface area contributed by atoms with E-state index in [1.807, 2.05) is 6.20 Å². The van der Waals surface area contributed by atoms with Crippen LogP contribution in [0, 0.1) is 5.92 Å². The van der Waals surface area contributed by atoms with Gasteiger partial charge in [-0.3, -0.25) is 0 Å². The van der Waals surface area contributed by atoms with Crippen molar-refractivity contribution in [2.45, 2.75) is 52.4 Å². The third-order valence-corrected chi connectivity index (χ3v) is 4.67.